The Morgan fingerprint density at radius 2 is 2.00 bits per heavy atom. The molecule has 2 N–H and O–H groups in total. The first-order valence-electron chi connectivity index (χ1n) is 3.77. The molecule has 0 saturated carbocycles. The van der Waals surface area contributed by atoms with Crippen molar-refractivity contribution in [2.75, 3.05) is 11.0 Å². The van der Waals surface area contributed by atoms with Crippen LogP contribution in [-0.2, 0) is 9.92 Å². The molecule has 0 spiro atoms. The second kappa shape index (κ2) is 3.53. The van der Waals surface area contributed by atoms with Crippen LogP contribution in [0.4, 0.5) is 14.5 Å². The molecule has 1 aromatic carbocycles. The molecule has 1 atom stereocenters. The number of rotatable bonds is 2. The van der Waals surface area contributed by atoms with Gasteiger partial charge in [-0.25, -0.2) is 17.8 Å². The van der Waals surface area contributed by atoms with Gasteiger partial charge in [0.05, 0.1) is 0 Å². The fourth-order valence-electron chi connectivity index (χ4n) is 0.945. The van der Waals surface area contributed by atoms with E-state index in [9.17, 15) is 13.0 Å². The van der Waals surface area contributed by atoms with E-state index in [1.165, 1.54) is 13.0 Å². The Morgan fingerprint density at radius 3 is 2.50 bits per heavy atom. The predicted octanol–water partition coefficient (Wildman–Crippen LogP) is 2.28. The average molecular weight is 220 g/mol. The lowest BCUT2D eigenvalue weighted by molar-refractivity contribution is 0.585. The maximum atomic E-state index is 13.3. The van der Waals surface area contributed by atoms with Crippen LogP contribution in [-0.4, -0.2) is 10.5 Å². The molecule has 0 aromatic heterocycles. The molecule has 3 nitrogen and oxygen atoms in total. The van der Waals surface area contributed by atoms with Crippen molar-refractivity contribution in [2.45, 2.75) is 6.92 Å². The van der Waals surface area contributed by atoms with E-state index in [-0.39, 0.29) is 5.56 Å². The highest BCUT2D eigenvalue weighted by atomic mass is 32.2. The van der Waals surface area contributed by atoms with Gasteiger partial charge in [0.25, 0.3) is 0 Å². The molecular formula is C8H10F2N2OS. The summed E-state index contributed by atoms with van der Waals surface area (Å²) in [5, 5.41) is 0. The number of anilines is 1. The molecule has 0 amide bonds. The summed E-state index contributed by atoms with van der Waals surface area (Å²) in [7, 11) is -3.17. The quantitative estimate of drug-likeness (QED) is 0.789. The summed E-state index contributed by atoms with van der Waals surface area (Å²) < 4.78 is 46.3. The van der Waals surface area contributed by atoms with Gasteiger partial charge in [-0.3, -0.25) is 4.72 Å². The van der Waals surface area contributed by atoms with Crippen molar-refractivity contribution in [1.82, 2.24) is 0 Å². The van der Waals surface area contributed by atoms with Crippen molar-refractivity contribution < 1.29 is 13.0 Å². The molecule has 6 heteroatoms. The first-order valence-corrected chi connectivity index (χ1v) is 5.74. The van der Waals surface area contributed by atoms with E-state index < -0.39 is 27.2 Å². The molecule has 0 heterocycles. The van der Waals surface area contributed by atoms with Gasteiger partial charge in [-0.2, -0.15) is 0 Å². The Morgan fingerprint density at radius 1 is 1.43 bits per heavy atom. The Labute approximate surface area is 81.2 Å². The minimum Gasteiger partial charge on any atom is -0.294 e. The third-order valence-corrected chi connectivity index (χ3v) is 2.17. The standard InChI is InChI=1S/C8H10F2N2OS/c1-5-3-4-6(9)8(7(5)10)12-14(2,11)13/h3-4H,1-2H3,(H2,11,12,13). The lowest BCUT2D eigenvalue weighted by Gasteiger charge is -2.09. The summed E-state index contributed by atoms with van der Waals surface area (Å²) in [6.07, 6.45) is 1.05. The van der Waals surface area contributed by atoms with Gasteiger partial charge >= 0.3 is 0 Å². The number of aryl methyl sites for hydroxylation is 1. The van der Waals surface area contributed by atoms with Crippen LogP contribution >= 0.6 is 0 Å². The Bertz CT molecular complexity index is 457. The van der Waals surface area contributed by atoms with Crippen LogP contribution in [0.3, 0.4) is 0 Å². The third-order valence-electron chi connectivity index (χ3n) is 1.58. The fourth-order valence-corrected chi connectivity index (χ4v) is 1.52. The molecule has 14 heavy (non-hydrogen) atoms. The van der Waals surface area contributed by atoms with Crippen LogP contribution in [0.2, 0.25) is 0 Å². The normalized spacial score (nSPS) is 14.9. The second-order valence-electron chi connectivity index (χ2n) is 3.00. The fraction of sp³-hybridized carbons (Fsp3) is 0.250. The molecule has 0 radical (unpaired) electrons. The van der Waals surface area contributed by atoms with Crippen LogP contribution in [0.1, 0.15) is 5.56 Å². The molecule has 78 valence electrons. The third kappa shape index (κ3) is 2.41. The topological polar surface area (TPSA) is 53.0 Å². The van der Waals surface area contributed by atoms with Crippen molar-refractivity contribution in [1.29, 1.82) is 4.78 Å². The zero-order chi connectivity index (χ0) is 10.9. The molecular weight excluding hydrogens is 210 g/mol. The van der Waals surface area contributed by atoms with E-state index in [2.05, 4.69) is 0 Å². The molecule has 0 aliphatic rings. The molecule has 0 aliphatic carbocycles. The van der Waals surface area contributed by atoms with Gasteiger partial charge in [0, 0.05) is 6.26 Å². The first kappa shape index (κ1) is 10.9. The summed E-state index contributed by atoms with van der Waals surface area (Å²) in [5.74, 6) is -1.67. The smallest absolute Gasteiger partial charge is 0.153 e. The molecule has 0 bridgehead atoms. The molecule has 1 unspecified atom stereocenters. The molecule has 1 aromatic rings. The SMILES string of the molecule is Cc1ccc(F)c(NS(C)(=N)=O)c1F. The van der Waals surface area contributed by atoms with Crippen molar-refractivity contribution in [2.24, 2.45) is 0 Å². The lowest BCUT2D eigenvalue weighted by Crippen LogP contribution is -2.11. The van der Waals surface area contributed by atoms with Crippen LogP contribution in [0.25, 0.3) is 0 Å². The average Bonchev–Trinajstić information content (AvgIpc) is 2.04. The van der Waals surface area contributed by atoms with Gasteiger partial charge in [0.1, 0.15) is 21.4 Å². The van der Waals surface area contributed by atoms with E-state index in [1.54, 1.807) is 0 Å². The molecule has 0 saturated heterocycles. The summed E-state index contributed by atoms with van der Waals surface area (Å²) in [6, 6.07) is 2.34. The lowest BCUT2D eigenvalue weighted by atomic mass is 10.2. The van der Waals surface area contributed by atoms with Crippen molar-refractivity contribution in [3.8, 4) is 0 Å². The van der Waals surface area contributed by atoms with Crippen LogP contribution in [0, 0.1) is 23.3 Å². The van der Waals surface area contributed by atoms with Gasteiger partial charge in [-0.05, 0) is 18.6 Å². The maximum absolute atomic E-state index is 13.3. The highest BCUT2D eigenvalue weighted by Gasteiger charge is 2.13. The van der Waals surface area contributed by atoms with Gasteiger partial charge in [0.15, 0.2) is 5.82 Å². The second-order valence-corrected chi connectivity index (χ2v) is 4.89. The van der Waals surface area contributed by atoms with Crippen LogP contribution in [0.15, 0.2) is 12.1 Å². The van der Waals surface area contributed by atoms with Crippen molar-refractivity contribution in [3.63, 3.8) is 0 Å². The monoisotopic (exact) mass is 220 g/mol. The Kier molecular flexibility index (Phi) is 2.75. The van der Waals surface area contributed by atoms with Crippen LogP contribution < -0.4 is 4.72 Å². The molecule has 0 aliphatic heterocycles. The number of halogens is 2. The van der Waals surface area contributed by atoms with E-state index >= 15 is 0 Å². The highest BCUT2D eigenvalue weighted by Crippen LogP contribution is 2.22. The molecule has 1 rings (SSSR count). The van der Waals surface area contributed by atoms with Crippen molar-refractivity contribution in [3.05, 3.63) is 29.3 Å². The number of hydrogen-bond donors (Lipinski definition) is 2. The Balaban J connectivity index is 3.27. The van der Waals surface area contributed by atoms with Gasteiger partial charge in [-0.15, -0.1) is 0 Å². The zero-order valence-corrected chi connectivity index (χ0v) is 8.54. The van der Waals surface area contributed by atoms with E-state index in [1.807, 2.05) is 4.72 Å². The summed E-state index contributed by atoms with van der Waals surface area (Å²) in [6.45, 7) is 1.46. The highest BCUT2D eigenvalue weighted by molar-refractivity contribution is 7.93. The van der Waals surface area contributed by atoms with E-state index in [4.69, 9.17) is 4.78 Å². The maximum Gasteiger partial charge on any atom is 0.153 e. The largest absolute Gasteiger partial charge is 0.294 e. The van der Waals surface area contributed by atoms with E-state index in [0.29, 0.717) is 0 Å². The number of hydrogen-bond acceptors (Lipinski definition) is 2. The van der Waals surface area contributed by atoms with E-state index in [0.717, 1.165) is 12.3 Å². The minimum atomic E-state index is -3.17. The van der Waals surface area contributed by atoms with Gasteiger partial charge in [0.2, 0.25) is 0 Å². The predicted molar refractivity (Wildman–Crippen MR) is 51.5 cm³/mol. The zero-order valence-electron chi connectivity index (χ0n) is 7.73. The van der Waals surface area contributed by atoms with Crippen molar-refractivity contribution >= 4 is 15.6 Å². The van der Waals surface area contributed by atoms with Gasteiger partial charge < -0.3 is 0 Å². The number of nitrogens with one attached hydrogen (secondary N) is 2. The summed E-state index contributed by atoms with van der Waals surface area (Å²) >= 11 is 0. The summed E-state index contributed by atoms with van der Waals surface area (Å²) in [4.78, 5) is 0. The van der Waals surface area contributed by atoms with Crippen LogP contribution in [0.5, 0.6) is 0 Å². The van der Waals surface area contributed by atoms with Gasteiger partial charge in [-0.1, -0.05) is 6.07 Å². The minimum absolute atomic E-state index is 0.234. The molecule has 0 fully saturated rings. The summed E-state index contributed by atoms with van der Waals surface area (Å²) in [5.41, 5.74) is -0.273. The Hall–Kier alpha value is -1.17. The number of benzene rings is 1. The first-order chi connectivity index (χ1) is 6.31.